The van der Waals surface area contributed by atoms with E-state index in [1.54, 1.807) is 24.8 Å². The van der Waals surface area contributed by atoms with Gasteiger partial charge in [-0.05, 0) is 32.0 Å². The van der Waals surface area contributed by atoms with Gasteiger partial charge in [0.25, 0.3) is 5.56 Å². The average molecular weight is 458 g/mol. The van der Waals surface area contributed by atoms with Gasteiger partial charge in [0, 0.05) is 41.4 Å². The molecule has 0 saturated heterocycles. The zero-order chi connectivity index (χ0) is 22.9. The largest absolute Gasteiger partial charge is 0.325 e. The van der Waals surface area contributed by atoms with Crippen LogP contribution in [0.15, 0.2) is 76.8 Å². The number of nitrogens with one attached hydrogen (secondary N) is 1. The maximum Gasteiger partial charge on any atom is 0.267 e. The van der Waals surface area contributed by atoms with Crippen molar-refractivity contribution in [1.29, 1.82) is 0 Å². The third kappa shape index (κ3) is 4.34. The quantitative estimate of drug-likeness (QED) is 0.481. The average Bonchev–Trinajstić information content (AvgIpc) is 3.43. The summed E-state index contributed by atoms with van der Waals surface area (Å²) in [7, 11) is 0. The molecule has 0 radical (unpaired) electrons. The maximum absolute atomic E-state index is 12.9. The van der Waals surface area contributed by atoms with E-state index in [1.807, 2.05) is 55.5 Å². The summed E-state index contributed by atoms with van der Waals surface area (Å²) < 4.78 is 3.38. The summed E-state index contributed by atoms with van der Waals surface area (Å²) in [6.45, 7) is 4.66. The second-order valence-electron chi connectivity index (χ2n) is 8.06. The van der Waals surface area contributed by atoms with Crippen LogP contribution in [0.4, 0.5) is 5.69 Å². The Hall–Kier alpha value is -3.65. The predicted molar refractivity (Wildman–Crippen MR) is 130 cm³/mol. The first-order chi connectivity index (χ1) is 16.0. The van der Waals surface area contributed by atoms with Gasteiger partial charge in [-0.15, -0.1) is 0 Å². The molecule has 0 bridgehead atoms. The lowest BCUT2D eigenvalue weighted by Gasteiger charge is -2.15. The molecule has 8 heteroatoms. The first-order valence-corrected chi connectivity index (χ1v) is 11.7. The van der Waals surface area contributed by atoms with Crippen LogP contribution in [-0.4, -0.2) is 31.0 Å². The molecule has 0 aliphatic carbocycles. The number of aryl methyl sites for hydroxylation is 2. The number of fused-ring (bicyclic) bond motifs is 1. The lowest BCUT2D eigenvalue weighted by molar-refractivity contribution is -0.119. The molecule has 0 saturated carbocycles. The number of anilines is 1. The highest BCUT2D eigenvalue weighted by molar-refractivity contribution is 7.99. The van der Waals surface area contributed by atoms with Crippen molar-refractivity contribution in [2.45, 2.75) is 31.6 Å². The van der Waals surface area contributed by atoms with Crippen LogP contribution in [0.25, 0.3) is 22.5 Å². The van der Waals surface area contributed by atoms with Gasteiger partial charge in [-0.3, -0.25) is 9.59 Å². The van der Waals surface area contributed by atoms with Crippen molar-refractivity contribution < 1.29 is 4.79 Å². The number of nitrogens with zero attached hydrogens (tertiary/aromatic N) is 4. The minimum atomic E-state index is -0.768. The van der Waals surface area contributed by atoms with E-state index in [1.165, 1.54) is 10.7 Å². The topological polar surface area (TPSA) is 81.8 Å². The van der Waals surface area contributed by atoms with E-state index in [0.29, 0.717) is 11.4 Å². The molecular weight excluding hydrogens is 434 g/mol. The predicted octanol–water partition coefficient (Wildman–Crippen LogP) is 4.39. The van der Waals surface area contributed by atoms with Gasteiger partial charge in [0.15, 0.2) is 5.16 Å². The van der Waals surface area contributed by atoms with Crippen LogP contribution in [0.5, 0.6) is 0 Å². The fraction of sp³-hybridized carbons (Fsp3) is 0.200. The number of imidazole rings is 1. The maximum atomic E-state index is 12.9. The molecule has 5 rings (SSSR count). The van der Waals surface area contributed by atoms with Gasteiger partial charge < -0.3 is 9.88 Å². The minimum Gasteiger partial charge on any atom is -0.325 e. The van der Waals surface area contributed by atoms with Gasteiger partial charge in [0.05, 0.1) is 11.4 Å². The van der Waals surface area contributed by atoms with E-state index < -0.39 is 6.04 Å². The molecule has 7 nitrogen and oxygen atoms in total. The summed E-state index contributed by atoms with van der Waals surface area (Å²) >= 11 is 1.76. The molecule has 1 aliphatic rings. The highest BCUT2D eigenvalue weighted by atomic mass is 32.2. The SMILES string of the molecule is Cc1ccc(-c2ccc(=O)n(C(C)C(=O)Nc3ccc(-c4cn5c(n4)SCC5)cc3)n2)cc1. The monoisotopic (exact) mass is 457 g/mol. The Balaban J connectivity index is 1.32. The van der Waals surface area contributed by atoms with Crippen molar-refractivity contribution in [3.8, 4) is 22.5 Å². The van der Waals surface area contributed by atoms with Crippen molar-refractivity contribution in [2.24, 2.45) is 0 Å². The van der Waals surface area contributed by atoms with Gasteiger partial charge in [0.1, 0.15) is 6.04 Å². The third-order valence-corrected chi connectivity index (χ3v) is 6.64. The summed E-state index contributed by atoms with van der Waals surface area (Å²) in [4.78, 5) is 30.0. The number of hydrogen-bond acceptors (Lipinski definition) is 5. The molecule has 1 aliphatic heterocycles. The molecule has 3 heterocycles. The van der Waals surface area contributed by atoms with E-state index in [2.05, 4.69) is 26.2 Å². The molecule has 1 N–H and O–H groups in total. The first-order valence-electron chi connectivity index (χ1n) is 10.8. The zero-order valence-corrected chi connectivity index (χ0v) is 19.2. The number of benzene rings is 2. The fourth-order valence-electron chi connectivity index (χ4n) is 3.71. The number of carbonyl (C=O) groups is 1. The summed E-state index contributed by atoms with van der Waals surface area (Å²) in [6, 6.07) is 17.8. The summed E-state index contributed by atoms with van der Waals surface area (Å²) in [5.41, 5.74) is 4.92. The lowest BCUT2D eigenvalue weighted by Crippen LogP contribution is -2.33. The van der Waals surface area contributed by atoms with Crippen LogP contribution in [0.2, 0.25) is 0 Å². The number of thioether (sulfide) groups is 1. The van der Waals surface area contributed by atoms with Crippen molar-refractivity contribution in [1.82, 2.24) is 19.3 Å². The molecule has 166 valence electrons. The summed E-state index contributed by atoms with van der Waals surface area (Å²) in [5, 5.41) is 8.37. The van der Waals surface area contributed by atoms with Crippen LogP contribution >= 0.6 is 11.8 Å². The van der Waals surface area contributed by atoms with Crippen molar-refractivity contribution in [3.05, 3.63) is 82.8 Å². The number of amides is 1. The van der Waals surface area contributed by atoms with E-state index in [9.17, 15) is 9.59 Å². The van der Waals surface area contributed by atoms with Crippen molar-refractivity contribution in [2.75, 3.05) is 11.1 Å². The van der Waals surface area contributed by atoms with Crippen LogP contribution in [0.1, 0.15) is 18.5 Å². The van der Waals surface area contributed by atoms with Crippen LogP contribution in [0, 0.1) is 6.92 Å². The normalized spacial score (nSPS) is 13.5. The molecule has 0 fully saturated rings. The summed E-state index contributed by atoms with van der Waals surface area (Å²) in [6.07, 6.45) is 2.06. The Kier molecular flexibility index (Phi) is 5.60. The molecule has 1 unspecified atom stereocenters. The van der Waals surface area contributed by atoms with E-state index in [-0.39, 0.29) is 11.5 Å². The molecule has 1 atom stereocenters. The van der Waals surface area contributed by atoms with E-state index >= 15 is 0 Å². The second kappa shape index (κ2) is 8.71. The minimum absolute atomic E-state index is 0.309. The highest BCUT2D eigenvalue weighted by Gasteiger charge is 2.19. The van der Waals surface area contributed by atoms with Gasteiger partial charge in [-0.1, -0.05) is 53.7 Å². The first kappa shape index (κ1) is 21.2. The fourth-order valence-corrected chi connectivity index (χ4v) is 4.66. The standard InChI is InChI=1S/C25H23N5O2S/c1-16-3-5-18(6-4-16)21-11-12-23(31)30(28-21)17(2)24(32)26-20-9-7-19(8-10-20)22-15-29-13-14-33-25(29)27-22/h3-12,15,17H,13-14H2,1-2H3,(H,26,32). The number of aromatic nitrogens is 4. The van der Waals surface area contributed by atoms with Crippen LogP contribution in [-0.2, 0) is 11.3 Å². The molecule has 0 spiro atoms. The van der Waals surface area contributed by atoms with Crippen LogP contribution in [0.3, 0.4) is 0 Å². The number of hydrogen-bond donors (Lipinski definition) is 1. The van der Waals surface area contributed by atoms with Gasteiger partial charge in [0.2, 0.25) is 5.91 Å². The molecule has 4 aromatic rings. The molecule has 1 amide bonds. The summed E-state index contributed by atoms with van der Waals surface area (Å²) in [5.74, 6) is 0.758. The van der Waals surface area contributed by atoms with E-state index in [4.69, 9.17) is 0 Å². The van der Waals surface area contributed by atoms with Crippen LogP contribution < -0.4 is 10.9 Å². The van der Waals surface area contributed by atoms with Gasteiger partial charge in [-0.25, -0.2) is 9.67 Å². The van der Waals surface area contributed by atoms with Gasteiger partial charge in [-0.2, -0.15) is 5.10 Å². The molecule has 2 aromatic heterocycles. The molecular formula is C25H23N5O2S. The lowest BCUT2D eigenvalue weighted by atomic mass is 10.1. The Morgan fingerprint density at radius 2 is 1.70 bits per heavy atom. The number of carbonyl (C=O) groups excluding carboxylic acids is 1. The van der Waals surface area contributed by atoms with Crippen molar-refractivity contribution >= 4 is 23.4 Å². The third-order valence-electron chi connectivity index (χ3n) is 5.67. The zero-order valence-electron chi connectivity index (χ0n) is 18.4. The Morgan fingerprint density at radius 3 is 2.42 bits per heavy atom. The highest BCUT2D eigenvalue weighted by Crippen LogP contribution is 2.29. The number of rotatable bonds is 5. The Morgan fingerprint density at radius 1 is 1.00 bits per heavy atom. The second-order valence-corrected chi connectivity index (χ2v) is 9.12. The molecule has 33 heavy (non-hydrogen) atoms. The van der Waals surface area contributed by atoms with Gasteiger partial charge >= 0.3 is 0 Å². The molecule has 2 aromatic carbocycles. The Bertz CT molecular complexity index is 1350. The smallest absolute Gasteiger partial charge is 0.267 e. The van der Waals surface area contributed by atoms with Crippen molar-refractivity contribution in [3.63, 3.8) is 0 Å². The Labute approximate surface area is 195 Å². The van der Waals surface area contributed by atoms with E-state index in [0.717, 1.165) is 39.8 Å².